The van der Waals surface area contributed by atoms with Crippen LogP contribution in [0.25, 0.3) is 0 Å². The first-order chi connectivity index (χ1) is 12.8. The summed E-state index contributed by atoms with van der Waals surface area (Å²) in [6, 6.07) is 11.1. The molecule has 0 unspecified atom stereocenters. The molecule has 7 heteroatoms. The van der Waals surface area contributed by atoms with Gasteiger partial charge in [0, 0.05) is 11.3 Å². The Balaban J connectivity index is 2.07. The Morgan fingerprint density at radius 2 is 1.56 bits per heavy atom. The van der Waals surface area contributed by atoms with Crippen molar-refractivity contribution in [2.24, 2.45) is 0 Å². The fraction of sp³-hybridized carbons (Fsp3) is 0.250. The predicted octanol–water partition coefficient (Wildman–Crippen LogP) is 3.09. The first-order valence-corrected chi connectivity index (χ1v) is 8.20. The molecule has 0 saturated heterocycles. The van der Waals surface area contributed by atoms with Crippen molar-refractivity contribution in [1.82, 2.24) is 0 Å². The maximum absolute atomic E-state index is 12.3. The second kappa shape index (κ2) is 8.84. The number of carbonyl (C=O) groups excluding carboxylic acids is 3. The fourth-order valence-electron chi connectivity index (χ4n) is 2.29. The predicted molar refractivity (Wildman–Crippen MR) is 99.5 cm³/mol. The molecule has 1 amide bonds. The van der Waals surface area contributed by atoms with E-state index < -0.39 is 12.1 Å². The molecule has 7 nitrogen and oxygen atoms in total. The Hall–Kier alpha value is -3.35. The van der Waals surface area contributed by atoms with Gasteiger partial charge in [-0.2, -0.15) is 0 Å². The van der Waals surface area contributed by atoms with E-state index in [2.05, 4.69) is 10.1 Å². The van der Waals surface area contributed by atoms with Crippen LogP contribution in [0, 0.1) is 0 Å². The van der Waals surface area contributed by atoms with Gasteiger partial charge in [0.2, 0.25) is 0 Å². The number of carbonyl (C=O) groups is 3. The molecule has 142 valence electrons. The Morgan fingerprint density at radius 3 is 2.11 bits per heavy atom. The third kappa shape index (κ3) is 5.07. The van der Waals surface area contributed by atoms with Gasteiger partial charge < -0.3 is 19.5 Å². The first-order valence-electron chi connectivity index (χ1n) is 8.20. The normalized spacial score (nSPS) is 11.3. The molecule has 2 aromatic rings. The summed E-state index contributed by atoms with van der Waals surface area (Å²) in [6.45, 7) is 3.06. The van der Waals surface area contributed by atoms with Crippen molar-refractivity contribution in [2.45, 2.75) is 20.0 Å². The number of hydrogen-bond acceptors (Lipinski definition) is 6. The molecule has 0 aromatic heterocycles. The van der Waals surface area contributed by atoms with Crippen molar-refractivity contribution in [3.05, 3.63) is 53.6 Å². The van der Waals surface area contributed by atoms with Crippen LogP contribution in [0.3, 0.4) is 0 Å². The Labute approximate surface area is 157 Å². The third-order valence-corrected chi connectivity index (χ3v) is 3.82. The number of hydrogen-bond donors (Lipinski definition) is 1. The SMILES string of the molecule is COC(=O)c1ccc(O[C@H](C)C(=O)Nc2ccc(C(C)=O)cc2)c(OC)c1. The summed E-state index contributed by atoms with van der Waals surface area (Å²) in [5.74, 6) is -0.292. The average Bonchev–Trinajstić information content (AvgIpc) is 2.67. The zero-order valence-electron chi connectivity index (χ0n) is 15.6. The van der Waals surface area contributed by atoms with Crippen molar-refractivity contribution < 1.29 is 28.6 Å². The second-order valence-corrected chi connectivity index (χ2v) is 5.74. The van der Waals surface area contributed by atoms with E-state index in [1.54, 1.807) is 31.2 Å². The topological polar surface area (TPSA) is 90.9 Å². The fourth-order valence-corrected chi connectivity index (χ4v) is 2.29. The molecule has 0 fully saturated rings. The molecule has 0 bridgehead atoms. The molecule has 1 atom stereocenters. The monoisotopic (exact) mass is 371 g/mol. The summed E-state index contributed by atoms with van der Waals surface area (Å²) < 4.78 is 15.5. The minimum Gasteiger partial charge on any atom is -0.493 e. The van der Waals surface area contributed by atoms with E-state index in [4.69, 9.17) is 9.47 Å². The van der Waals surface area contributed by atoms with Gasteiger partial charge in [0.1, 0.15) is 0 Å². The summed E-state index contributed by atoms with van der Waals surface area (Å²) >= 11 is 0. The minimum absolute atomic E-state index is 0.0490. The van der Waals surface area contributed by atoms with E-state index in [1.807, 2.05) is 0 Å². The summed E-state index contributed by atoms with van der Waals surface area (Å²) in [5, 5.41) is 2.71. The summed E-state index contributed by atoms with van der Waals surface area (Å²) in [4.78, 5) is 35.2. The number of ketones is 1. The van der Waals surface area contributed by atoms with Crippen LogP contribution in [-0.2, 0) is 9.53 Å². The van der Waals surface area contributed by atoms with Gasteiger partial charge in [-0.1, -0.05) is 0 Å². The number of benzene rings is 2. The lowest BCUT2D eigenvalue weighted by Gasteiger charge is -2.17. The van der Waals surface area contributed by atoms with Gasteiger partial charge in [0.05, 0.1) is 19.8 Å². The number of nitrogens with one attached hydrogen (secondary N) is 1. The molecule has 0 aliphatic carbocycles. The van der Waals surface area contributed by atoms with Crippen molar-refractivity contribution in [2.75, 3.05) is 19.5 Å². The highest BCUT2D eigenvalue weighted by molar-refractivity contribution is 5.96. The largest absolute Gasteiger partial charge is 0.493 e. The lowest BCUT2D eigenvalue weighted by Crippen LogP contribution is -2.30. The van der Waals surface area contributed by atoms with Crippen LogP contribution in [0.5, 0.6) is 11.5 Å². The molecule has 0 aliphatic heterocycles. The smallest absolute Gasteiger partial charge is 0.337 e. The van der Waals surface area contributed by atoms with Gasteiger partial charge in [-0.25, -0.2) is 4.79 Å². The molecule has 0 radical (unpaired) electrons. The molecule has 27 heavy (non-hydrogen) atoms. The molecule has 1 N–H and O–H groups in total. The van der Waals surface area contributed by atoms with Gasteiger partial charge in [0.25, 0.3) is 5.91 Å². The highest BCUT2D eigenvalue weighted by Crippen LogP contribution is 2.29. The number of ether oxygens (including phenoxy) is 3. The van der Waals surface area contributed by atoms with Crippen LogP contribution in [0.4, 0.5) is 5.69 Å². The van der Waals surface area contributed by atoms with E-state index in [-0.39, 0.29) is 11.7 Å². The first kappa shape index (κ1) is 20.0. The molecule has 0 heterocycles. The third-order valence-electron chi connectivity index (χ3n) is 3.82. The molecule has 2 aromatic carbocycles. The second-order valence-electron chi connectivity index (χ2n) is 5.74. The number of rotatable bonds is 7. The van der Waals surface area contributed by atoms with Gasteiger partial charge in [-0.3, -0.25) is 9.59 Å². The number of Topliss-reactive ketones (excluding diaryl/α,β-unsaturated/α-hetero) is 1. The zero-order valence-corrected chi connectivity index (χ0v) is 15.6. The van der Waals surface area contributed by atoms with Gasteiger partial charge >= 0.3 is 5.97 Å². The number of methoxy groups -OCH3 is 2. The highest BCUT2D eigenvalue weighted by atomic mass is 16.5. The zero-order chi connectivity index (χ0) is 20.0. The van der Waals surface area contributed by atoms with E-state index in [0.717, 1.165) is 0 Å². The van der Waals surface area contributed by atoms with Crippen LogP contribution < -0.4 is 14.8 Å². The summed E-state index contributed by atoms with van der Waals surface area (Å²) in [7, 11) is 2.72. The standard InChI is InChI=1S/C20H21NO6/c1-12(22)14-5-8-16(9-6-14)21-19(23)13(2)27-17-10-7-15(20(24)26-4)11-18(17)25-3/h5-11,13H,1-4H3,(H,21,23)/t13-/m1/s1. The van der Waals surface area contributed by atoms with Crippen LogP contribution in [0.2, 0.25) is 0 Å². The van der Waals surface area contributed by atoms with Gasteiger partial charge in [-0.15, -0.1) is 0 Å². The highest BCUT2D eigenvalue weighted by Gasteiger charge is 2.18. The van der Waals surface area contributed by atoms with E-state index in [1.165, 1.54) is 39.3 Å². The van der Waals surface area contributed by atoms with Crippen LogP contribution in [0.15, 0.2) is 42.5 Å². The van der Waals surface area contributed by atoms with Crippen molar-refractivity contribution in [1.29, 1.82) is 0 Å². The average molecular weight is 371 g/mol. The maximum atomic E-state index is 12.3. The van der Waals surface area contributed by atoms with Gasteiger partial charge in [0.15, 0.2) is 23.4 Å². The van der Waals surface area contributed by atoms with E-state index in [9.17, 15) is 14.4 Å². The number of esters is 1. The number of anilines is 1. The molecule has 0 spiro atoms. The molecular formula is C20H21NO6. The molecule has 0 aliphatic rings. The Morgan fingerprint density at radius 1 is 0.926 bits per heavy atom. The Kier molecular flexibility index (Phi) is 6.54. The summed E-state index contributed by atoms with van der Waals surface area (Å²) in [6.07, 6.45) is -0.824. The van der Waals surface area contributed by atoms with E-state index in [0.29, 0.717) is 28.3 Å². The van der Waals surface area contributed by atoms with Crippen LogP contribution >= 0.6 is 0 Å². The van der Waals surface area contributed by atoms with Crippen LogP contribution in [0.1, 0.15) is 34.6 Å². The Bertz CT molecular complexity index is 844. The summed E-state index contributed by atoms with van der Waals surface area (Å²) in [5.41, 5.74) is 1.42. The lowest BCUT2D eigenvalue weighted by atomic mass is 10.1. The molecular weight excluding hydrogens is 350 g/mol. The van der Waals surface area contributed by atoms with Crippen molar-refractivity contribution >= 4 is 23.3 Å². The lowest BCUT2D eigenvalue weighted by molar-refractivity contribution is -0.122. The maximum Gasteiger partial charge on any atom is 0.337 e. The molecule has 0 saturated carbocycles. The molecule has 2 rings (SSSR count). The minimum atomic E-state index is -0.824. The quantitative estimate of drug-likeness (QED) is 0.594. The van der Waals surface area contributed by atoms with E-state index >= 15 is 0 Å². The van der Waals surface area contributed by atoms with Crippen LogP contribution in [-0.4, -0.2) is 38.0 Å². The van der Waals surface area contributed by atoms with Gasteiger partial charge in [-0.05, 0) is 56.3 Å². The van der Waals surface area contributed by atoms with Crippen molar-refractivity contribution in [3.8, 4) is 11.5 Å². The van der Waals surface area contributed by atoms with Crippen molar-refractivity contribution in [3.63, 3.8) is 0 Å². The number of amides is 1.